The first-order chi connectivity index (χ1) is 7.77. The third kappa shape index (κ3) is 2.40. The van der Waals surface area contributed by atoms with E-state index >= 15 is 0 Å². The zero-order chi connectivity index (χ0) is 11.4. The Hall–Kier alpha value is -1.83. The van der Waals surface area contributed by atoms with Gasteiger partial charge in [-0.1, -0.05) is 30.3 Å². The highest BCUT2D eigenvalue weighted by Gasteiger charge is 2.12. The second-order valence-corrected chi connectivity index (χ2v) is 3.84. The Morgan fingerprint density at radius 1 is 1.19 bits per heavy atom. The number of Topliss-reactive ketones (excluding diaryl/α,β-unsaturated/α-hetero) is 1. The number of hydrogen-bond acceptors (Lipinski definition) is 2. The summed E-state index contributed by atoms with van der Waals surface area (Å²) in [5, 5.41) is 0. The van der Waals surface area contributed by atoms with Crippen molar-refractivity contribution >= 4 is 5.78 Å². The van der Waals surface area contributed by atoms with E-state index in [2.05, 4.69) is 0 Å². The van der Waals surface area contributed by atoms with Crippen molar-refractivity contribution in [3.05, 3.63) is 59.5 Å². The number of aryl methyl sites for hydroxylation is 2. The van der Waals surface area contributed by atoms with Gasteiger partial charge in [0.25, 0.3) is 0 Å². The molecule has 0 saturated carbocycles. The minimum Gasteiger partial charge on any atom is -0.461 e. The number of carbonyl (C=O) groups is 1. The smallest absolute Gasteiger partial charge is 0.198 e. The van der Waals surface area contributed by atoms with Gasteiger partial charge in [0.05, 0.1) is 6.26 Å². The maximum atomic E-state index is 11.8. The van der Waals surface area contributed by atoms with E-state index in [9.17, 15) is 4.79 Å². The van der Waals surface area contributed by atoms with Crippen LogP contribution in [0.4, 0.5) is 0 Å². The molecule has 2 aromatic rings. The van der Waals surface area contributed by atoms with Crippen molar-refractivity contribution in [1.29, 1.82) is 0 Å². The lowest BCUT2D eigenvalue weighted by Crippen LogP contribution is -2.01. The summed E-state index contributed by atoms with van der Waals surface area (Å²) in [6.45, 7) is 1.89. The topological polar surface area (TPSA) is 30.2 Å². The molecule has 0 aliphatic carbocycles. The largest absolute Gasteiger partial charge is 0.461 e. The molecule has 0 radical (unpaired) electrons. The van der Waals surface area contributed by atoms with Crippen molar-refractivity contribution in [3.63, 3.8) is 0 Å². The predicted molar refractivity (Wildman–Crippen MR) is 62.5 cm³/mol. The summed E-state index contributed by atoms with van der Waals surface area (Å²) in [7, 11) is 0. The first kappa shape index (κ1) is 10.7. The highest BCUT2D eigenvalue weighted by Crippen LogP contribution is 2.13. The summed E-state index contributed by atoms with van der Waals surface area (Å²) in [6.07, 6.45) is 2.82. The molecule has 1 aromatic heterocycles. The van der Waals surface area contributed by atoms with Gasteiger partial charge in [0.1, 0.15) is 0 Å². The molecule has 0 atom stereocenters. The Morgan fingerprint density at radius 3 is 2.56 bits per heavy atom. The highest BCUT2D eigenvalue weighted by atomic mass is 16.3. The van der Waals surface area contributed by atoms with Crippen LogP contribution in [0, 0.1) is 6.92 Å². The third-order valence-electron chi connectivity index (χ3n) is 2.60. The standard InChI is InChI=1S/C14H14O2/c1-11-9-10-16-14(11)13(15)8-7-12-5-3-2-4-6-12/h2-6,9-10H,7-8H2,1H3. The minimum atomic E-state index is 0.0753. The Morgan fingerprint density at radius 2 is 1.94 bits per heavy atom. The summed E-state index contributed by atoms with van der Waals surface area (Å²) >= 11 is 0. The first-order valence-electron chi connectivity index (χ1n) is 5.38. The van der Waals surface area contributed by atoms with Gasteiger partial charge in [0.2, 0.25) is 0 Å². The van der Waals surface area contributed by atoms with Crippen molar-refractivity contribution in [2.45, 2.75) is 19.8 Å². The lowest BCUT2D eigenvalue weighted by Gasteiger charge is -2.00. The van der Waals surface area contributed by atoms with Crippen LogP contribution in [-0.2, 0) is 6.42 Å². The van der Waals surface area contributed by atoms with Crippen LogP contribution in [0.15, 0.2) is 47.1 Å². The van der Waals surface area contributed by atoms with Gasteiger partial charge >= 0.3 is 0 Å². The van der Waals surface area contributed by atoms with Crippen molar-refractivity contribution in [2.75, 3.05) is 0 Å². The van der Waals surface area contributed by atoms with Crippen molar-refractivity contribution in [3.8, 4) is 0 Å². The zero-order valence-electron chi connectivity index (χ0n) is 9.27. The molecule has 0 spiro atoms. The van der Waals surface area contributed by atoms with Gasteiger partial charge in [-0.05, 0) is 30.5 Å². The third-order valence-corrected chi connectivity index (χ3v) is 2.60. The molecule has 0 saturated heterocycles. The summed E-state index contributed by atoms with van der Waals surface area (Å²) in [5.41, 5.74) is 2.10. The van der Waals surface area contributed by atoms with Gasteiger partial charge in [-0.15, -0.1) is 0 Å². The fraction of sp³-hybridized carbons (Fsp3) is 0.214. The molecule has 0 aliphatic heterocycles. The molecule has 1 aromatic carbocycles. The van der Waals surface area contributed by atoms with E-state index in [0.717, 1.165) is 12.0 Å². The molecule has 0 aliphatic rings. The predicted octanol–water partition coefficient (Wildman–Crippen LogP) is 3.40. The van der Waals surface area contributed by atoms with Gasteiger partial charge in [-0.2, -0.15) is 0 Å². The summed E-state index contributed by atoms with van der Waals surface area (Å²) < 4.78 is 5.16. The number of carbonyl (C=O) groups excluding carboxylic acids is 1. The molecule has 0 bridgehead atoms. The van der Waals surface area contributed by atoms with Crippen LogP contribution >= 0.6 is 0 Å². The van der Waals surface area contributed by atoms with Crippen LogP contribution in [0.1, 0.15) is 28.1 Å². The van der Waals surface area contributed by atoms with Gasteiger partial charge in [-0.25, -0.2) is 0 Å². The maximum absolute atomic E-state index is 11.8. The molecule has 0 fully saturated rings. The molecule has 82 valence electrons. The van der Waals surface area contributed by atoms with E-state index in [1.54, 1.807) is 6.26 Å². The molecule has 0 N–H and O–H groups in total. The Kier molecular flexibility index (Phi) is 3.20. The quantitative estimate of drug-likeness (QED) is 0.730. The number of benzene rings is 1. The van der Waals surface area contributed by atoms with Crippen LogP contribution in [0.3, 0.4) is 0 Å². The molecule has 0 amide bonds. The molecule has 2 nitrogen and oxygen atoms in total. The fourth-order valence-corrected chi connectivity index (χ4v) is 1.67. The Bertz CT molecular complexity index is 468. The summed E-state index contributed by atoms with van der Waals surface area (Å²) in [4.78, 5) is 11.8. The SMILES string of the molecule is Cc1ccoc1C(=O)CCc1ccccc1. The van der Waals surface area contributed by atoms with Crippen LogP contribution in [0.2, 0.25) is 0 Å². The number of ketones is 1. The summed E-state index contributed by atoms with van der Waals surface area (Å²) in [6, 6.07) is 11.8. The van der Waals surface area contributed by atoms with Crippen molar-refractivity contribution < 1.29 is 9.21 Å². The molecular weight excluding hydrogens is 200 g/mol. The van der Waals surface area contributed by atoms with Gasteiger partial charge in [0.15, 0.2) is 11.5 Å². The van der Waals surface area contributed by atoms with Crippen molar-refractivity contribution in [1.82, 2.24) is 0 Å². The fourth-order valence-electron chi connectivity index (χ4n) is 1.67. The van der Waals surface area contributed by atoms with E-state index in [-0.39, 0.29) is 5.78 Å². The normalized spacial score (nSPS) is 10.3. The van der Waals surface area contributed by atoms with Crippen LogP contribution in [0.25, 0.3) is 0 Å². The second-order valence-electron chi connectivity index (χ2n) is 3.84. The molecule has 1 heterocycles. The first-order valence-corrected chi connectivity index (χ1v) is 5.38. The van der Waals surface area contributed by atoms with Crippen LogP contribution < -0.4 is 0 Å². The molecular formula is C14H14O2. The zero-order valence-corrected chi connectivity index (χ0v) is 9.27. The van der Waals surface area contributed by atoms with E-state index in [1.807, 2.05) is 43.3 Å². The maximum Gasteiger partial charge on any atom is 0.198 e. The highest BCUT2D eigenvalue weighted by molar-refractivity contribution is 5.94. The minimum absolute atomic E-state index is 0.0753. The molecule has 0 unspecified atom stereocenters. The lowest BCUT2D eigenvalue weighted by molar-refractivity contribution is 0.0955. The van der Waals surface area contributed by atoms with Crippen molar-refractivity contribution in [2.24, 2.45) is 0 Å². The monoisotopic (exact) mass is 214 g/mol. The van der Waals surface area contributed by atoms with E-state index in [0.29, 0.717) is 12.2 Å². The average Bonchev–Trinajstić information content (AvgIpc) is 2.74. The van der Waals surface area contributed by atoms with Crippen LogP contribution in [0.5, 0.6) is 0 Å². The van der Waals surface area contributed by atoms with Crippen LogP contribution in [-0.4, -0.2) is 5.78 Å². The average molecular weight is 214 g/mol. The summed E-state index contributed by atoms with van der Waals surface area (Å²) in [5.74, 6) is 0.572. The molecule has 2 rings (SSSR count). The van der Waals surface area contributed by atoms with E-state index in [1.165, 1.54) is 5.56 Å². The van der Waals surface area contributed by atoms with Gasteiger partial charge in [0, 0.05) is 6.42 Å². The number of hydrogen-bond donors (Lipinski definition) is 0. The lowest BCUT2D eigenvalue weighted by atomic mass is 10.1. The second kappa shape index (κ2) is 4.79. The van der Waals surface area contributed by atoms with Gasteiger partial charge in [-0.3, -0.25) is 4.79 Å². The molecule has 2 heteroatoms. The van der Waals surface area contributed by atoms with E-state index < -0.39 is 0 Å². The Labute approximate surface area is 94.9 Å². The van der Waals surface area contributed by atoms with E-state index in [4.69, 9.17) is 4.42 Å². The Balaban J connectivity index is 1.97. The van der Waals surface area contributed by atoms with Gasteiger partial charge < -0.3 is 4.42 Å². The number of rotatable bonds is 4. The number of furan rings is 1. The molecule has 16 heavy (non-hydrogen) atoms.